The fourth-order valence-electron chi connectivity index (χ4n) is 3.16. The van der Waals surface area contributed by atoms with E-state index >= 15 is 0 Å². The van der Waals surface area contributed by atoms with E-state index in [4.69, 9.17) is 0 Å². The molecule has 1 heterocycles. The van der Waals surface area contributed by atoms with Crippen LogP contribution in [0.1, 0.15) is 12.0 Å². The number of amides is 2. The molecule has 0 atom stereocenters. The maximum Gasteiger partial charge on any atom is 0.312 e. The zero-order valence-corrected chi connectivity index (χ0v) is 14.9. The van der Waals surface area contributed by atoms with Gasteiger partial charge in [0.2, 0.25) is 0 Å². The molecule has 0 aliphatic carbocycles. The van der Waals surface area contributed by atoms with Crippen molar-refractivity contribution < 1.29 is 9.59 Å². The Morgan fingerprint density at radius 3 is 2.12 bits per heavy atom. The highest BCUT2D eigenvalue weighted by molar-refractivity contribution is 6.35. The molecule has 0 radical (unpaired) electrons. The number of nitrogens with zero attached hydrogens (tertiary/aromatic N) is 2. The van der Waals surface area contributed by atoms with Crippen LogP contribution in [0.5, 0.6) is 0 Å². The monoisotopic (exact) mass is 351 g/mol. The van der Waals surface area contributed by atoms with Gasteiger partial charge in [0.1, 0.15) is 0 Å². The van der Waals surface area contributed by atoms with Gasteiger partial charge in [0.25, 0.3) is 0 Å². The summed E-state index contributed by atoms with van der Waals surface area (Å²) in [5, 5.41) is 2.75. The van der Waals surface area contributed by atoms with Gasteiger partial charge in [-0.2, -0.15) is 0 Å². The van der Waals surface area contributed by atoms with Gasteiger partial charge >= 0.3 is 11.8 Å². The highest BCUT2D eigenvalue weighted by Gasteiger charge is 2.25. The molecule has 0 saturated carbocycles. The first-order valence-electron chi connectivity index (χ1n) is 9.15. The van der Waals surface area contributed by atoms with Crippen molar-refractivity contribution in [3.05, 3.63) is 66.2 Å². The molecule has 5 nitrogen and oxygen atoms in total. The van der Waals surface area contributed by atoms with Crippen LogP contribution in [0.4, 0.5) is 5.69 Å². The molecule has 1 fully saturated rings. The lowest BCUT2D eigenvalue weighted by Gasteiger charge is -2.35. The van der Waals surface area contributed by atoms with E-state index in [1.165, 1.54) is 5.56 Å². The molecule has 1 N–H and O–H groups in total. The number of rotatable bonds is 5. The third-order valence-corrected chi connectivity index (χ3v) is 4.65. The van der Waals surface area contributed by atoms with Crippen molar-refractivity contribution in [2.24, 2.45) is 0 Å². The summed E-state index contributed by atoms with van der Waals surface area (Å²) in [7, 11) is 0. The number of piperazine rings is 1. The van der Waals surface area contributed by atoms with E-state index in [-0.39, 0.29) is 0 Å². The van der Waals surface area contributed by atoms with Crippen molar-refractivity contribution >= 4 is 17.5 Å². The first-order valence-corrected chi connectivity index (χ1v) is 9.15. The lowest BCUT2D eigenvalue weighted by atomic mass is 10.1. The standard InChI is InChI=1S/C21H25N3O2/c25-20(22-13-7-10-18-8-3-1-4-9-18)21(26)24-16-14-23(15-17-24)19-11-5-2-6-12-19/h1-6,8-9,11-12H,7,10,13-17H2,(H,22,25). The minimum Gasteiger partial charge on any atom is -0.368 e. The van der Waals surface area contributed by atoms with E-state index in [9.17, 15) is 9.59 Å². The molecule has 26 heavy (non-hydrogen) atoms. The van der Waals surface area contributed by atoms with Crippen LogP contribution >= 0.6 is 0 Å². The molecule has 136 valence electrons. The molecule has 2 aromatic rings. The van der Waals surface area contributed by atoms with Crippen molar-refractivity contribution in [2.75, 3.05) is 37.6 Å². The van der Waals surface area contributed by atoms with Gasteiger partial charge in [0, 0.05) is 38.4 Å². The largest absolute Gasteiger partial charge is 0.368 e. The van der Waals surface area contributed by atoms with Gasteiger partial charge < -0.3 is 15.1 Å². The maximum atomic E-state index is 12.3. The molecule has 1 aliphatic rings. The molecule has 2 amide bonds. The van der Waals surface area contributed by atoms with E-state index < -0.39 is 11.8 Å². The molecule has 0 aromatic heterocycles. The minimum absolute atomic E-state index is 0.419. The summed E-state index contributed by atoms with van der Waals surface area (Å²) in [4.78, 5) is 28.3. The summed E-state index contributed by atoms with van der Waals surface area (Å²) < 4.78 is 0. The summed E-state index contributed by atoms with van der Waals surface area (Å²) in [5.41, 5.74) is 2.40. The van der Waals surface area contributed by atoms with Crippen LogP contribution in [0.25, 0.3) is 0 Å². The number of benzene rings is 2. The molecule has 2 aromatic carbocycles. The molecule has 1 aliphatic heterocycles. The third-order valence-electron chi connectivity index (χ3n) is 4.65. The van der Waals surface area contributed by atoms with Crippen LogP contribution in [0.3, 0.4) is 0 Å². The second-order valence-electron chi connectivity index (χ2n) is 6.46. The van der Waals surface area contributed by atoms with Crippen molar-refractivity contribution in [3.8, 4) is 0 Å². The van der Waals surface area contributed by atoms with Gasteiger partial charge in [0.05, 0.1) is 0 Å². The second kappa shape index (κ2) is 9.04. The molecular weight excluding hydrogens is 326 g/mol. The first kappa shape index (κ1) is 18.0. The predicted molar refractivity (Wildman–Crippen MR) is 103 cm³/mol. The Morgan fingerprint density at radius 2 is 1.46 bits per heavy atom. The van der Waals surface area contributed by atoms with Crippen LogP contribution < -0.4 is 10.2 Å². The zero-order valence-electron chi connectivity index (χ0n) is 14.9. The van der Waals surface area contributed by atoms with Crippen LogP contribution in [-0.4, -0.2) is 49.4 Å². The van der Waals surface area contributed by atoms with Crippen LogP contribution in [0.15, 0.2) is 60.7 Å². The Balaban J connectivity index is 1.38. The van der Waals surface area contributed by atoms with E-state index in [1.54, 1.807) is 4.90 Å². The van der Waals surface area contributed by atoms with Crippen LogP contribution in [-0.2, 0) is 16.0 Å². The number of para-hydroxylation sites is 1. The third kappa shape index (κ3) is 4.85. The number of hydrogen-bond acceptors (Lipinski definition) is 3. The highest BCUT2D eigenvalue weighted by atomic mass is 16.2. The number of hydrogen-bond donors (Lipinski definition) is 1. The van der Waals surface area contributed by atoms with Gasteiger partial charge in [-0.3, -0.25) is 9.59 Å². The van der Waals surface area contributed by atoms with Gasteiger partial charge in [-0.05, 0) is 30.5 Å². The summed E-state index contributed by atoms with van der Waals surface area (Å²) in [5.74, 6) is -0.913. The van der Waals surface area contributed by atoms with Crippen molar-refractivity contribution in [3.63, 3.8) is 0 Å². The molecule has 5 heteroatoms. The Morgan fingerprint density at radius 1 is 0.846 bits per heavy atom. The number of nitrogens with one attached hydrogen (secondary N) is 1. The molecule has 0 spiro atoms. The van der Waals surface area contributed by atoms with Crippen LogP contribution in [0.2, 0.25) is 0 Å². The molecule has 1 saturated heterocycles. The van der Waals surface area contributed by atoms with Crippen molar-refractivity contribution in [1.82, 2.24) is 10.2 Å². The van der Waals surface area contributed by atoms with Crippen molar-refractivity contribution in [1.29, 1.82) is 0 Å². The quantitative estimate of drug-likeness (QED) is 0.663. The normalized spacial score (nSPS) is 14.2. The van der Waals surface area contributed by atoms with E-state index in [1.807, 2.05) is 36.4 Å². The summed E-state index contributed by atoms with van der Waals surface area (Å²) in [6, 6.07) is 20.3. The average Bonchev–Trinajstić information content (AvgIpc) is 2.72. The first-order chi connectivity index (χ1) is 12.7. The average molecular weight is 351 g/mol. The number of aryl methyl sites for hydroxylation is 1. The fraction of sp³-hybridized carbons (Fsp3) is 0.333. The Kier molecular flexibility index (Phi) is 6.25. The van der Waals surface area contributed by atoms with Crippen LogP contribution in [0, 0.1) is 0 Å². The van der Waals surface area contributed by atoms with Crippen molar-refractivity contribution in [2.45, 2.75) is 12.8 Å². The lowest BCUT2D eigenvalue weighted by Crippen LogP contribution is -2.52. The number of anilines is 1. The summed E-state index contributed by atoms with van der Waals surface area (Å²) in [6.45, 7) is 3.16. The Hall–Kier alpha value is -2.82. The molecule has 3 rings (SSSR count). The lowest BCUT2D eigenvalue weighted by molar-refractivity contribution is -0.146. The SMILES string of the molecule is O=C(NCCCc1ccccc1)C(=O)N1CCN(c2ccccc2)CC1. The minimum atomic E-state index is -0.494. The van der Waals surface area contributed by atoms with Gasteiger partial charge in [-0.25, -0.2) is 0 Å². The molecule has 0 unspecified atom stereocenters. The van der Waals surface area contributed by atoms with Gasteiger partial charge in [0.15, 0.2) is 0 Å². The highest BCUT2D eigenvalue weighted by Crippen LogP contribution is 2.15. The van der Waals surface area contributed by atoms with Gasteiger partial charge in [-0.15, -0.1) is 0 Å². The van der Waals surface area contributed by atoms with E-state index in [0.29, 0.717) is 19.6 Å². The molecular formula is C21H25N3O2. The Labute approximate surface area is 154 Å². The predicted octanol–water partition coefficient (Wildman–Crippen LogP) is 2.08. The summed E-state index contributed by atoms with van der Waals surface area (Å²) in [6.07, 6.45) is 1.72. The Bertz CT molecular complexity index is 711. The topological polar surface area (TPSA) is 52.7 Å². The maximum absolute atomic E-state index is 12.3. The second-order valence-corrected chi connectivity index (χ2v) is 6.46. The number of carbonyl (C=O) groups is 2. The van der Waals surface area contributed by atoms with E-state index in [0.717, 1.165) is 31.6 Å². The van der Waals surface area contributed by atoms with E-state index in [2.05, 4.69) is 34.5 Å². The zero-order chi connectivity index (χ0) is 18.2. The number of carbonyl (C=O) groups excluding carboxylic acids is 2. The smallest absolute Gasteiger partial charge is 0.312 e. The molecule has 0 bridgehead atoms. The summed E-state index contributed by atoms with van der Waals surface area (Å²) >= 11 is 0. The fourth-order valence-corrected chi connectivity index (χ4v) is 3.16. The van der Waals surface area contributed by atoms with Gasteiger partial charge in [-0.1, -0.05) is 48.5 Å².